The predicted molar refractivity (Wildman–Crippen MR) is 130 cm³/mol. The van der Waals surface area contributed by atoms with Crippen LogP contribution in [-0.2, 0) is 9.47 Å². The fourth-order valence-corrected chi connectivity index (χ4v) is 4.59. The Labute approximate surface area is 201 Å². The highest BCUT2D eigenvalue weighted by Crippen LogP contribution is 2.44. The Hall–Kier alpha value is -4.24. The first-order valence-electron chi connectivity index (χ1n) is 11.2. The van der Waals surface area contributed by atoms with Crippen LogP contribution >= 0.6 is 0 Å². The number of esters is 1. The number of aromatic nitrogens is 2. The molecule has 178 valence electrons. The lowest BCUT2D eigenvalue weighted by molar-refractivity contribution is -0.384. The Bertz CT molecular complexity index is 1430. The van der Waals surface area contributed by atoms with Crippen molar-refractivity contribution in [1.29, 1.82) is 0 Å². The van der Waals surface area contributed by atoms with Crippen LogP contribution in [-0.4, -0.2) is 33.5 Å². The Morgan fingerprint density at radius 2 is 1.89 bits per heavy atom. The van der Waals surface area contributed by atoms with Gasteiger partial charge in [-0.3, -0.25) is 10.1 Å². The van der Waals surface area contributed by atoms with Crippen LogP contribution in [0.2, 0.25) is 0 Å². The van der Waals surface area contributed by atoms with Gasteiger partial charge in [-0.1, -0.05) is 36.4 Å². The maximum Gasteiger partial charge on any atom is 0.338 e. The molecule has 1 N–H and O–H groups in total. The number of carbonyl (C=O) groups is 1. The standard InChI is InChI=1S/C26H24N4O5/c1-15-16(2)29-13-12-20-22(25(29)27-15)28-21(17-8-5-4-6-9-17)24(23(20)34-3)35-26(31)18-10-7-11-19(14-18)30(32)33/h4-14,21,23-24,28H,1-3H3. The highest BCUT2D eigenvalue weighted by molar-refractivity contribution is 5.90. The summed E-state index contributed by atoms with van der Waals surface area (Å²) in [6, 6.07) is 16.6. The fraction of sp³-hybridized carbons (Fsp3) is 0.231. The van der Waals surface area contributed by atoms with E-state index in [9.17, 15) is 14.9 Å². The number of aryl methyl sites for hydroxylation is 2. The van der Waals surface area contributed by atoms with Crippen LogP contribution in [0.4, 0.5) is 11.4 Å². The van der Waals surface area contributed by atoms with Crippen LogP contribution in [0.3, 0.4) is 0 Å². The zero-order valence-electron chi connectivity index (χ0n) is 19.5. The number of nitro groups is 1. The van der Waals surface area contributed by atoms with Crippen LogP contribution in [0.25, 0.3) is 5.65 Å². The van der Waals surface area contributed by atoms with Crippen molar-refractivity contribution in [2.24, 2.45) is 0 Å². The molecule has 0 amide bonds. The van der Waals surface area contributed by atoms with E-state index in [1.54, 1.807) is 7.11 Å². The number of anilines is 1. The van der Waals surface area contributed by atoms with E-state index in [4.69, 9.17) is 14.5 Å². The Morgan fingerprint density at radius 1 is 1.11 bits per heavy atom. The van der Waals surface area contributed by atoms with Crippen molar-refractivity contribution in [3.63, 3.8) is 0 Å². The summed E-state index contributed by atoms with van der Waals surface area (Å²) in [7, 11) is 1.57. The molecule has 3 atom stereocenters. The first-order valence-corrected chi connectivity index (χ1v) is 11.2. The number of nitro benzene ring substituents is 1. The molecular weight excluding hydrogens is 448 g/mol. The number of fused-ring (bicyclic) bond motifs is 3. The normalized spacial score (nSPS) is 19.1. The van der Waals surface area contributed by atoms with E-state index in [-0.39, 0.29) is 11.3 Å². The summed E-state index contributed by atoms with van der Waals surface area (Å²) in [6.07, 6.45) is 0.585. The van der Waals surface area contributed by atoms with Gasteiger partial charge >= 0.3 is 5.97 Å². The molecule has 9 heteroatoms. The molecule has 0 fully saturated rings. The number of benzene rings is 2. The highest BCUT2D eigenvalue weighted by Gasteiger charge is 2.42. The minimum absolute atomic E-state index is 0.0987. The SMILES string of the molecule is COC1c2ccn3c(C)c(C)nc3c2NC(c2ccccc2)C1OC(=O)c1cccc([N+](=O)[O-])c1. The lowest BCUT2D eigenvalue weighted by Crippen LogP contribution is -2.40. The smallest absolute Gasteiger partial charge is 0.338 e. The summed E-state index contributed by atoms with van der Waals surface area (Å²) in [5.74, 6) is -0.666. The number of pyridine rings is 1. The quantitative estimate of drug-likeness (QED) is 0.249. The summed E-state index contributed by atoms with van der Waals surface area (Å²) in [5.41, 5.74) is 5.17. The lowest BCUT2D eigenvalue weighted by Gasteiger charge is -2.39. The van der Waals surface area contributed by atoms with E-state index in [1.165, 1.54) is 24.3 Å². The maximum atomic E-state index is 13.2. The fourth-order valence-electron chi connectivity index (χ4n) is 4.59. The highest BCUT2D eigenvalue weighted by atomic mass is 16.6. The Balaban J connectivity index is 1.60. The zero-order valence-corrected chi connectivity index (χ0v) is 19.5. The van der Waals surface area contributed by atoms with Crippen molar-refractivity contribution in [1.82, 2.24) is 9.38 Å². The molecule has 0 bridgehead atoms. The summed E-state index contributed by atoms with van der Waals surface area (Å²) in [6.45, 7) is 3.97. The number of nitrogens with one attached hydrogen (secondary N) is 1. The topological polar surface area (TPSA) is 108 Å². The second kappa shape index (κ2) is 8.84. The molecule has 5 rings (SSSR count). The van der Waals surface area contributed by atoms with Gasteiger partial charge in [-0.15, -0.1) is 0 Å². The van der Waals surface area contributed by atoms with Crippen molar-refractivity contribution in [3.05, 3.63) is 105 Å². The third kappa shape index (κ3) is 3.89. The zero-order chi connectivity index (χ0) is 24.7. The van der Waals surface area contributed by atoms with Crippen molar-refractivity contribution in [2.45, 2.75) is 32.1 Å². The second-order valence-electron chi connectivity index (χ2n) is 8.49. The molecule has 0 saturated carbocycles. The predicted octanol–water partition coefficient (Wildman–Crippen LogP) is 4.94. The molecule has 1 aliphatic rings. The van der Waals surface area contributed by atoms with Gasteiger partial charge in [0.05, 0.1) is 27.9 Å². The molecule has 4 aromatic rings. The van der Waals surface area contributed by atoms with Crippen molar-refractivity contribution in [3.8, 4) is 0 Å². The van der Waals surface area contributed by atoms with E-state index in [0.717, 1.165) is 33.8 Å². The monoisotopic (exact) mass is 472 g/mol. The van der Waals surface area contributed by atoms with Crippen LogP contribution in [0.1, 0.15) is 45.0 Å². The average molecular weight is 473 g/mol. The summed E-state index contributed by atoms with van der Waals surface area (Å²) >= 11 is 0. The van der Waals surface area contributed by atoms with Crippen molar-refractivity contribution >= 4 is 23.0 Å². The van der Waals surface area contributed by atoms with Gasteiger partial charge < -0.3 is 19.2 Å². The second-order valence-corrected chi connectivity index (χ2v) is 8.49. The lowest BCUT2D eigenvalue weighted by atomic mass is 9.88. The third-order valence-electron chi connectivity index (χ3n) is 6.48. The molecule has 0 spiro atoms. The number of hydrogen-bond donors (Lipinski definition) is 1. The number of ether oxygens (including phenoxy) is 2. The molecule has 9 nitrogen and oxygen atoms in total. The number of carbonyl (C=O) groups excluding carboxylic acids is 1. The number of imidazole rings is 1. The van der Waals surface area contributed by atoms with E-state index in [2.05, 4.69) is 5.32 Å². The number of rotatable bonds is 5. The molecule has 3 heterocycles. The van der Waals surface area contributed by atoms with Gasteiger partial charge in [0.15, 0.2) is 11.8 Å². The van der Waals surface area contributed by atoms with Crippen LogP contribution in [0.15, 0.2) is 66.9 Å². The first-order chi connectivity index (χ1) is 16.9. The molecular formula is C26H24N4O5. The number of methoxy groups -OCH3 is 1. The third-order valence-corrected chi connectivity index (χ3v) is 6.48. The molecule has 0 saturated heterocycles. The summed E-state index contributed by atoms with van der Waals surface area (Å²) in [5, 5.41) is 14.7. The first kappa shape index (κ1) is 22.5. The Kier molecular flexibility index (Phi) is 5.70. The van der Waals surface area contributed by atoms with Gasteiger partial charge in [-0.25, -0.2) is 9.78 Å². The molecule has 35 heavy (non-hydrogen) atoms. The van der Waals surface area contributed by atoms with E-state index < -0.39 is 29.1 Å². The Morgan fingerprint density at radius 3 is 2.60 bits per heavy atom. The van der Waals surface area contributed by atoms with Crippen LogP contribution < -0.4 is 5.32 Å². The largest absolute Gasteiger partial charge is 0.453 e. The molecule has 0 aliphatic carbocycles. The van der Waals surface area contributed by atoms with Gasteiger partial charge in [-0.05, 0) is 31.5 Å². The minimum Gasteiger partial charge on any atom is -0.453 e. The van der Waals surface area contributed by atoms with Gasteiger partial charge in [0, 0.05) is 36.7 Å². The molecule has 3 unspecified atom stereocenters. The summed E-state index contributed by atoms with van der Waals surface area (Å²) < 4.78 is 13.9. The van der Waals surface area contributed by atoms with Crippen LogP contribution in [0.5, 0.6) is 0 Å². The van der Waals surface area contributed by atoms with Crippen molar-refractivity contribution in [2.75, 3.05) is 12.4 Å². The van der Waals surface area contributed by atoms with Gasteiger partial charge in [0.25, 0.3) is 5.69 Å². The number of hydrogen-bond acceptors (Lipinski definition) is 7. The van der Waals surface area contributed by atoms with Gasteiger partial charge in [0.1, 0.15) is 6.10 Å². The maximum absolute atomic E-state index is 13.2. The molecule has 2 aromatic heterocycles. The number of non-ortho nitro benzene ring substituents is 1. The van der Waals surface area contributed by atoms with E-state index in [1.807, 2.05) is 60.8 Å². The average Bonchev–Trinajstić information content (AvgIpc) is 3.17. The summed E-state index contributed by atoms with van der Waals surface area (Å²) in [4.78, 5) is 28.6. The van der Waals surface area contributed by atoms with Crippen LogP contribution in [0, 0.1) is 24.0 Å². The van der Waals surface area contributed by atoms with E-state index in [0.29, 0.717) is 0 Å². The number of nitrogens with zero attached hydrogens (tertiary/aromatic N) is 3. The molecule has 0 radical (unpaired) electrons. The van der Waals surface area contributed by atoms with Gasteiger partial charge in [-0.2, -0.15) is 0 Å². The van der Waals surface area contributed by atoms with E-state index >= 15 is 0 Å². The van der Waals surface area contributed by atoms with Gasteiger partial charge in [0.2, 0.25) is 0 Å². The van der Waals surface area contributed by atoms with Crippen molar-refractivity contribution < 1.29 is 19.2 Å². The molecule has 2 aromatic carbocycles. The molecule has 1 aliphatic heterocycles. The minimum atomic E-state index is -0.749.